The Labute approximate surface area is 117 Å². The molecule has 1 aliphatic heterocycles. The molecule has 6 nitrogen and oxygen atoms in total. The van der Waals surface area contributed by atoms with Crippen molar-refractivity contribution < 1.29 is 19.4 Å². The fourth-order valence-electron chi connectivity index (χ4n) is 2.03. The molecule has 2 rings (SSSR count). The lowest BCUT2D eigenvalue weighted by Gasteiger charge is -2.24. The van der Waals surface area contributed by atoms with Crippen molar-refractivity contribution in [1.29, 1.82) is 0 Å². The van der Waals surface area contributed by atoms with Crippen LogP contribution in [0.2, 0.25) is 0 Å². The number of nitrogens with one attached hydrogen (secondary N) is 1. The molecule has 0 spiro atoms. The van der Waals surface area contributed by atoms with Crippen molar-refractivity contribution in [2.75, 3.05) is 19.7 Å². The van der Waals surface area contributed by atoms with E-state index < -0.39 is 12.2 Å². The number of carbonyl (C=O) groups is 2. The molecule has 2 amide bonds. The van der Waals surface area contributed by atoms with Crippen LogP contribution in [-0.4, -0.2) is 47.8 Å². The minimum atomic E-state index is -0.806. The Bertz CT molecular complexity index is 486. The molecule has 1 aromatic carbocycles. The molecule has 1 atom stereocenters. The molecule has 1 fully saturated rings. The van der Waals surface area contributed by atoms with Crippen LogP contribution >= 0.6 is 0 Å². The van der Waals surface area contributed by atoms with Crippen LogP contribution in [0.3, 0.4) is 0 Å². The van der Waals surface area contributed by atoms with E-state index in [1.54, 1.807) is 0 Å². The fourth-order valence-corrected chi connectivity index (χ4v) is 2.03. The molecule has 0 aromatic heterocycles. The number of amides is 2. The van der Waals surface area contributed by atoms with E-state index in [2.05, 4.69) is 5.32 Å². The summed E-state index contributed by atoms with van der Waals surface area (Å²) in [6.07, 6.45) is -1.39. The van der Waals surface area contributed by atoms with Gasteiger partial charge in [-0.2, -0.15) is 0 Å². The molecule has 108 valence electrons. The van der Waals surface area contributed by atoms with E-state index in [9.17, 15) is 9.59 Å². The van der Waals surface area contributed by atoms with Crippen molar-refractivity contribution in [2.45, 2.75) is 19.6 Å². The number of aryl methyl sites for hydroxylation is 1. The highest BCUT2D eigenvalue weighted by Crippen LogP contribution is 2.11. The van der Waals surface area contributed by atoms with E-state index in [-0.39, 0.29) is 25.6 Å². The van der Waals surface area contributed by atoms with Crippen LogP contribution in [-0.2, 0) is 16.1 Å². The second kappa shape index (κ2) is 6.38. The number of rotatable bonds is 5. The number of carbonyl (C=O) groups excluding carboxylic acids is 2. The normalized spacial score (nSPS) is 17.5. The number of nitrogens with zero attached hydrogens (tertiary/aromatic N) is 1. The maximum Gasteiger partial charge on any atom is 0.408 e. The highest BCUT2D eigenvalue weighted by molar-refractivity contribution is 5.86. The molecule has 1 saturated heterocycles. The first-order valence-corrected chi connectivity index (χ1v) is 6.50. The first-order chi connectivity index (χ1) is 9.60. The van der Waals surface area contributed by atoms with Crippen LogP contribution in [0.25, 0.3) is 0 Å². The third kappa shape index (κ3) is 3.48. The van der Waals surface area contributed by atoms with E-state index in [1.807, 2.05) is 31.2 Å². The zero-order valence-electron chi connectivity index (χ0n) is 11.3. The highest BCUT2D eigenvalue weighted by atomic mass is 16.6. The highest BCUT2D eigenvalue weighted by Gasteiger charge is 2.32. The molecular weight excluding hydrogens is 260 g/mol. The van der Waals surface area contributed by atoms with Gasteiger partial charge in [-0.05, 0) is 12.5 Å². The summed E-state index contributed by atoms with van der Waals surface area (Å²) in [6, 6.07) is 7.81. The van der Waals surface area contributed by atoms with E-state index in [0.717, 1.165) is 11.1 Å². The summed E-state index contributed by atoms with van der Waals surface area (Å²) in [6.45, 7) is 2.62. The van der Waals surface area contributed by atoms with Gasteiger partial charge >= 0.3 is 6.09 Å². The van der Waals surface area contributed by atoms with Crippen molar-refractivity contribution in [3.05, 3.63) is 35.4 Å². The molecule has 0 radical (unpaired) electrons. The van der Waals surface area contributed by atoms with Gasteiger partial charge in [-0.25, -0.2) is 4.79 Å². The van der Waals surface area contributed by atoms with Crippen molar-refractivity contribution in [3.8, 4) is 0 Å². The average molecular weight is 278 g/mol. The summed E-state index contributed by atoms with van der Waals surface area (Å²) in [5, 5.41) is 11.5. The Morgan fingerprint density at radius 1 is 1.45 bits per heavy atom. The summed E-state index contributed by atoms with van der Waals surface area (Å²) < 4.78 is 4.88. The Balaban J connectivity index is 2.04. The standard InChI is InChI=1S/C14H18N2O4/c1-10-2-4-11(5-3-10)9-16(6-7-17)13(18)12-8-15-14(19)20-12/h2-5,12,17H,6-9H2,1H3,(H,15,19)/t12-/m0/s1. The quantitative estimate of drug-likeness (QED) is 0.818. The van der Waals surface area contributed by atoms with E-state index in [1.165, 1.54) is 4.90 Å². The lowest BCUT2D eigenvalue weighted by molar-refractivity contribution is -0.139. The number of benzene rings is 1. The van der Waals surface area contributed by atoms with Gasteiger partial charge in [0.15, 0.2) is 6.10 Å². The van der Waals surface area contributed by atoms with Crippen LogP contribution in [0.1, 0.15) is 11.1 Å². The first kappa shape index (κ1) is 14.3. The lowest BCUT2D eigenvalue weighted by Crippen LogP contribution is -2.41. The van der Waals surface area contributed by atoms with Gasteiger partial charge in [0, 0.05) is 13.1 Å². The number of ether oxygens (including phenoxy) is 1. The molecule has 0 aliphatic carbocycles. The van der Waals surface area contributed by atoms with Crippen molar-refractivity contribution >= 4 is 12.0 Å². The number of alkyl carbamates (subject to hydrolysis) is 1. The van der Waals surface area contributed by atoms with E-state index >= 15 is 0 Å². The molecular formula is C14H18N2O4. The zero-order valence-corrected chi connectivity index (χ0v) is 11.3. The zero-order chi connectivity index (χ0) is 14.5. The second-order valence-electron chi connectivity index (χ2n) is 4.74. The molecule has 1 aliphatic rings. The summed E-state index contributed by atoms with van der Waals surface area (Å²) in [5.74, 6) is -0.294. The van der Waals surface area contributed by atoms with Gasteiger partial charge in [0.2, 0.25) is 0 Å². The number of hydrogen-bond donors (Lipinski definition) is 2. The summed E-state index contributed by atoms with van der Waals surface area (Å²) in [4.78, 5) is 24.7. The van der Waals surface area contributed by atoms with Crippen LogP contribution in [0.5, 0.6) is 0 Å². The van der Waals surface area contributed by atoms with Crippen LogP contribution in [0.4, 0.5) is 4.79 Å². The van der Waals surface area contributed by atoms with Gasteiger partial charge in [-0.1, -0.05) is 29.8 Å². The van der Waals surface area contributed by atoms with Gasteiger partial charge in [0.1, 0.15) is 0 Å². The van der Waals surface area contributed by atoms with Crippen LogP contribution in [0, 0.1) is 6.92 Å². The van der Waals surface area contributed by atoms with Crippen molar-refractivity contribution in [3.63, 3.8) is 0 Å². The number of hydrogen-bond acceptors (Lipinski definition) is 4. The van der Waals surface area contributed by atoms with E-state index in [4.69, 9.17) is 9.84 Å². The predicted octanol–water partition coefficient (Wildman–Crippen LogP) is 0.424. The summed E-state index contributed by atoms with van der Waals surface area (Å²) in [5.41, 5.74) is 2.11. The largest absolute Gasteiger partial charge is 0.434 e. The number of aliphatic hydroxyl groups is 1. The van der Waals surface area contributed by atoms with E-state index in [0.29, 0.717) is 6.54 Å². The smallest absolute Gasteiger partial charge is 0.408 e. The van der Waals surface area contributed by atoms with Crippen LogP contribution in [0.15, 0.2) is 24.3 Å². The van der Waals surface area contributed by atoms with Gasteiger partial charge in [-0.3, -0.25) is 4.79 Å². The third-order valence-corrected chi connectivity index (χ3v) is 3.13. The van der Waals surface area contributed by atoms with Gasteiger partial charge < -0.3 is 20.1 Å². The maximum atomic E-state index is 12.2. The molecule has 2 N–H and O–H groups in total. The minimum absolute atomic E-state index is 0.133. The summed E-state index contributed by atoms with van der Waals surface area (Å²) in [7, 11) is 0. The molecule has 1 heterocycles. The molecule has 20 heavy (non-hydrogen) atoms. The van der Waals surface area contributed by atoms with Gasteiger partial charge in [0.25, 0.3) is 5.91 Å². The Kier molecular flexibility index (Phi) is 4.57. The monoisotopic (exact) mass is 278 g/mol. The fraction of sp³-hybridized carbons (Fsp3) is 0.429. The van der Waals surface area contributed by atoms with Crippen molar-refractivity contribution in [2.24, 2.45) is 0 Å². The summed E-state index contributed by atoms with van der Waals surface area (Å²) >= 11 is 0. The molecule has 6 heteroatoms. The molecule has 0 unspecified atom stereocenters. The molecule has 0 bridgehead atoms. The first-order valence-electron chi connectivity index (χ1n) is 6.50. The van der Waals surface area contributed by atoms with Crippen LogP contribution < -0.4 is 5.32 Å². The Hall–Kier alpha value is -2.08. The van der Waals surface area contributed by atoms with Gasteiger partial charge in [0.05, 0.1) is 13.2 Å². The maximum absolute atomic E-state index is 12.2. The van der Waals surface area contributed by atoms with Crippen molar-refractivity contribution in [1.82, 2.24) is 10.2 Å². The van der Waals surface area contributed by atoms with Gasteiger partial charge in [-0.15, -0.1) is 0 Å². The number of cyclic esters (lactones) is 1. The topological polar surface area (TPSA) is 78.9 Å². The SMILES string of the molecule is Cc1ccc(CN(CCO)C(=O)[C@@H]2CNC(=O)O2)cc1. The Morgan fingerprint density at radius 3 is 2.70 bits per heavy atom. The molecule has 0 saturated carbocycles. The number of aliphatic hydroxyl groups excluding tert-OH is 1. The minimum Gasteiger partial charge on any atom is -0.434 e. The third-order valence-electron chi connectivity index (χ3n) is 3.13. The lowest BCUT2D eigenvalue weighted by atomic mass is 10.1. The average Bonchev–Trinajstić information content (AvgIpc) is 2.86. The Morgan fingerprint density at radius 2 is 2.15 bits per heavy atom. The second-order valence-corrected chi connectivity index (χ2v) is 4.74. The molecule has 1 aromatic rings. The predicted molar refractivity (Wildman–Crippen MR) is 72.0 cm³/mol.